The summed E-state index contributed by atoms with van der Waals surface area (Å²) >= 11 is 0. The van der Waals surface area contributed by atoms with Gasteiger partial charge in [0.25, 0.3) is 0 Å². The molecule has 3 N–H and O–H groups in total. The van der Waals surface area contributed by atoms with Crippen molar-refractivity contribution >= 4 is 15.7 Å². The number of hydrogen-bond donors (Lipinski definition) is 2. The summed E-state index contributed by atoms with van der Waals surface area (Å²) in [4.78, 5) is 0.346. The van der Waals surface area contributed by atoms with Crippen LogP contribution in [0.2, 0.25) is 0 Å². The van der Waals surface area contributed by atoms with Crippen LogP contribution < -0.4 is 10.5 Å². The summed E-state index contributed by atoms with van der Waals surface area (Å²) in [7, 11) is -3.52. The van der Waals surface area contributed by atoms with Gasteiger partial charge in [-0.2, -0.15) is 0 Å². The van der Waals surface area contributed by atoms with Crippen LogP contribution in [0, 0.1) is 19.8 Å². The van der Waals surface area contributed by atoms with E-state index in [0.717, 1.165) is 24.8 Å². The van der Waals surface area contributed by atoms with E-state index in [1.54, 1.807) is 19.1 Å². The molecule has 0 aliphatic heterocycles. The van der Waals surface area contributed by atoms with Gasteiger partial charge < -0.3 is 5.73 Å². The Morgan fingerprint density at radius 3 is 2.52 bits per heavy atom. The van der Waals surface area contributed by atoms with E-state index < -0.39 is 10.0 Å². The molecule has 0 bridgehead atoms. The quantitative estimate of drug-likeness (QED) is 0.665. The molecule has 5 heteroatoms. The van der Waals surface area contributed by atoms with E-state index >= 15 is 0 Å². The fourth-order valence-electron chi connectivity index (χ4n) is 3.18. The highest BCUT2D eigenvalue weighted by atomic mass is 32.2. The van der Waals surface area contributed by atoms with E-state index in [9.17, 15) is 8.42 Å². The lowest BCUT2D eigenvalue weighted by Gasteiger charge is -2.24. The van der Waals surface area contributed by atoms with Crippen molar-refractivity contribution in [3.8, 4) is 0 Å². The zero-order chi connectivity index (χ0) is 15.6. The first-order valence-electron chi connectivity index (χ1n) is 7.71. The van der Waals surface area contributed by atoms with Gasteiger partial charge in [-0.3, -0.25) is 0 Å². The third-order valence-electron chi connectivity index (χ3n) is 4.58. The van der Waals surface area contributed by atoms with Gasteiger partial charge in [-0.1, -0.05) is 32.3 Å². The summed E-state index contributed by atoms with van der Waals surface area (Å²) in [5, 5.41) is 0. The third kappa shape index (κ3) is 3.58. The average molecular weight is 310 g/mol. The number of anilines is 1. The molecular formula is C16H26N2O2S. The summed E-state index contributed by atoms with van der Waals surface area (Å²) < 4.78 is 28.5. The van der Waals surface area contributed by atoms with Gasteiger partial charge in [0.1, 0.15) is 0 Å². The van der Waals surface area contributed by atoms with Crippen molar-refractivity contribution in [2.75, 3.05) is 5.73 Å². The molecule has 0 spiro atoms. The second kappa shape index (κ2) is 6.36. The Kier molecular flexibility index (Phi) is 4.94. The van der Waals surface area contributed by atoms with Gasteiger partial charge in [-0.05, 0) is 49.8 Å². The molecule has 1 aromatic carbocycles. The second-order valence-electron chi connectivity index (χ2n) is 6.27. The molecule has 118 valence electrons. The first-order chi connectivity index (χ1) is 9.83. The SMILES string of the molecule is Cc1ccc(N)c(C)c1S(=O)(=O)NC1CCCCCC1C. The summed E-state index contributed by atoms with van der Waals surface area (Å²) in [5.41, 5.74) is 7.79. The van der Waals surface area contributed by atoms with Crippen LogP contribution in [0.5, 0.6) is 0 Å². The molecule has 2 atom stereocenters. The zero-order valence-electron chi connectivity index (χ0n) is 13.1. The van der Waals surface area contributed by atoms with Crippen LogP contribution in [0.3, 0.4) is 0 Å². The molecule has 0 amide bonds. The summed E-state index contributed by atoms with van der Waals surface area (Å²) in [6.45, 7) is 5.72. The number of hydrogen-bond acceptors (Lipinski definition) is 3. The molecule has 0 heterocycles. The maximum absolute atomic E-state index is 12.8. The van der Waals surface area contributed by atoms with Crippen LogP contribution in [0.4, 0.5) is 5.69 Å². The van der Waals surface area contributed by atoms with Crippen LogP contribution >= 0.6 is 0 Å². The maximum Gasteiger partial charge on any atom is 0.241 e. The van der Waals surface area contributed by atoms with E-state index in [4.69, 9.17) is 5.73 Å². The molecule has 0 radical (unpaired) electrons. The standard InChI is InChI=1S/C16H26N2O2S/c1-11-7-5-4-6-8-15(11)18-21(19,20)16-12(2)9-10-14(17)13(16)3/h9-11,15,18H,4-8,17H2,1-3H3. The van der Waals surface area contributed by atoms with E-state index in [0.29, 0.717) is 22.1 Å². The fraction of sp³-hybridized carbons (Fsp3) is 0.625. The maximum atomic E-state index is 12.8. The second-order valence-corrected chi connectivity index (χ2v) is 7.92. The molecule has 2 unspecified atom stereocenters. The van der Waals surface area contributed by atoms with Crippen molar-refractivity contribution in [2.24, 2.45) is 5.92 Å². The number of nitrogen functional groups attached to an aromatic ring is 1. The topological polar surface area (TPSA) is 72.2 Å². The normalized spacial score (nSPS) is 23.8. The molecule has 4 nitrogen and oxygen atoms in total. The highest BCUT2D eigenvalue weighted by Crippen LogP contribution is 2.28. The lowest BCUT2D eigenvalue weighted by atomic mass is 9.98. The van der Waals surface area contributed by atoms with Gasteiger partial charge in [0.15, 0.2) is 0 Å². The van der Waals surface area contributed by atoms with Gasteiger partial charge >= 0.3 is 0 Å². The molecule has 1 aromatic rings. The first-order valence-corrected chi connectivity index (χ1v) is 9.19. The molecule has 1 saturated carbocycles. The minimum absolute atomic E-state index is 0.0257. The molecule has 21 heavy (non-hydrogen) atoms. The molecule has 2 rings (SSSR count). The first kappa shape index (κ1) is 16.3. The zero-order valence-corrected chi connectivity index (χ0v) is 14.0. The highest BCUT2D eigenvalue weighted by Gasteiger charge is 2.28. The van der Waals surface area contributed by atoms with Crippen molar-refractivity contribution in [1.29, 1.82) is 0 Å². The lowest BCUT2D eigenvalue weighted by molar-refractivity contribution is 0.399. The van der Waals surface area contributed by atoms with Crippen LogP contribution in [0.15, 0.2) is 17.0 Å². The van der Waals surface area contributed by atoms with E-state index in [-0.39, 0.29) is 6.04 Å². The Labute approximate surface area is 128 Å². The monoisotopic (exact) mass is 310 g/mol. The predicted octanol–water partition coefficient (Wildman–Crippen LogP) is 3.13. The molecule has 1 aliphatic carbocycles. The van der Waals surface area contributed by atoms with Gasteiger partial charge in [-0.25, -0.2) is 13.1 Å². The van der Waals surface area contributed by atoms with Crippen LogP contribution in [0.1, 0.15) is 50.2 Å². The molecule has 0 saturated heterocycles. The van der Waals surface area contributed by atoms with E-state index in [2.05, 4.69) is 11.6 Å². The summed E-state index contributed by atoms with van der Waals surface area (Å²) in [6.07, 6.45) is 5.48. The van der Waals surface area contributed by atoms with Gasteiger partial charge in [0.2, 0.25) is 10.0 Å². The summed E-state index contributed by atoms with van der Waals surface area (Å²) in [6, 6.07) is 3.56. The van der Waals surface area contributed by atoms with Crippen LogP contribution in [-0.2, 0) is 10.0 Å². The van der Waals surface area contributed by atoms with Gasteiger partial charge in [-0.15, -0.1) is 0 Å². The van der Waals surface area contributed by atoms with Crippen molar-refractivity contribution < 1.29 is 8.42 Å². The Balaban J connectivity index is 2.32. The largest absolute Gasteiger partial charge is 0.398 e. The Morgan fingerprint density at radius 2 is 1.81 bits per heavy atom. The number of benzene rings is 1. The van der Waals surface area contributed by atoms with Crippen molar-refractivity contribution in [3.05, 3.63) is 23.3 Å². The summed E-state index contributed by atoms with van der Waals surface area (Å²) in [5.74, 6) is 0.379. The third-order valence-corrected chi connectivity index (χ3v) is 6.36. The number of rotatable bonds is 3. The van der Waals surface area contributed by atoms with E-state index in [1.165, 1.54) is 12.8 Å². The van der Waals surface area contributed by atoms with E-state index in [1.807, 2.05) is 6.92 Å². The smallest absolute Gasteiger partial charge is 0.241 e. The molecule has 1 fully saturated rings. The molecule has 1 aliphatic rings. The molecule has 0 aromatic heterocycles. The van der Waals surface area contributed by atoms with Crippen molar-refractivity contribution in [1.82, 2.24) is 4.72 Å². The van der Waals surface area contributed by atoms with Gasteiger partial charge in [0, 0.05) is 11.7 Å². The van der Waals surface area contributed by atoms with Crippen molar-refractivity contribution in [3.63, 3.8) is 0 Å². The number of nitrogens with one attached hydrogen (secondary N) is 1. The minimum Gasteiger partial charge on any atom is -0.398 e. The number of nitrogens with two attached hydrogens (primary N) is 1. The van der Waals surface area contributed by atoms with Gasteiger partial charge in [0.05, 0.1) is 4.90 Å². The predicted molar refractivity (Wildman–Crippen MR) is 86.7 cm³/mol. The Hall–Kier alpha value is -1.07. The highest BCUT2D eigenvalue weighted by molar-refractivity contribution is 7.89. The number of aryl methyl sites for hydroxylation is 1. The van der Waals surface area contributed by atoms with Crippen LogP contribution in [-0.4, -0.2) is 14.5 Å². The Bertz CT molecular complexity index is 611. The minimum atomic E-state index is -3.52. The Morgan fingerprint density at radius 1 is 1.14 bits per heavy atom. The lowest BCUT2D eigenvalue weighted by Crippen LogP contribution is -2.39. The van der Waals surface area contributed by atoms with Crippen LogP contribution in [0.25, 0.3) is 0 Å². The van der Waals surface area contributed by atoms with Crippen molar-refractivity contribution in [2.45, 2.75) is 63.8 Å². The molecular weight excluding hydrogens is 284 g/mol. The fourth-order valence-corrected chi connectivity index (χ4v) is 5.06. The average Bonchev–Trinajstić information content (AvgIpc) is 2.59. The number of sulfonamides is 1.